The Hall–Kier alpha value is -5.56. The molecule has 0 aliphatic rings. The average Bonchev–Trinajstić information content (AvgIpc) is 3.88. The molecule has 0 bridgehead atoms. The number of nitrogens with zero attached hydrogens (tertiary/aromatic N) is 5. The molecule has 2 N–H and O–H groups in total. The van der Waals surface area contributed by atoms with Gasteiger partial charge in [0.1, 0.15) is 32.4 Å². The highest BCUT2D eigenvalue weighted by Crippen LogP contribution is 2.37. The number of hydrogen-bond acceptors (Lipinski definition) is 10. The molecule has 20 heteroatoms. The summed E-state index contributed by atoms with van der Waals surface area (Å²) >= 11 is 12.9. The number of Topliss-reactive ketones (excluding diaryl/α,β-unsaturated/α-hetero) is 1. The second-order valence-electron chi connectivity index (χ2n) is 11.6. The van der Waals surface area contributed by atoms with Crippen LogP contribution in [0, 0.1) is 0 Å². The van der Waals surface area contributed by atoms with Gasteiger partial charge in [-0.1, -0.05) is 83.9 Å². The van der Waals surface area contributed by atoms with Crippen LogP contribution in [-0.4, -0.2) is 43.2 Å². The number of pyridine rings is 2. The Morgan fingerprint density at radius 1 is 0.632 bits per heavy atom. The number of aliphatic imine (C=N–C) groups is 1. The lowest BCUT2D eigenvalue weighted by Gasteiger charge is -2.14. The first-order valence-electron chi connectivity index (χ1n) is 16.1. The third-order valence-electron chi connectivity index (χ3n) is 7.43. The Morgan fingerprint density at radius 3 is 1.42 bits per heavy atom. The standard InChI is InChI=1S/C25H18ClF3N4OS.C12H7ClF3N3O2S/c1-15(32-22(16-8-4-2-5-9-16)17-10-6-3-7-11-17)24-31-14-20(35-24)23(34)33-21-12-18(25(27,28)29)19(26)13-30-21;1-5(20)11-18-4-8(22-11)10(21)19-9-2-6(12(14,15)16)7(13)3-17-9/h2-14,22H,1H3,(H,30,33,34);2-4H,1H3,(H,17,19,21). The Bertz CT molecular complexity index is 2390. The van der Waals surface area contributed by atoms with Gasteiger partial charge in [-0.05, 0) is 30.2 Å². The smallest absolute Gasteiger partial charge is 0.306 e. The van der Waals surface area contributed by atoms with Crippen molar-refractivity contribution < 1.29 is 40.7 Å². The molecule has 2 aromatic carbocycles. The molecule has 6 rings (SSSR count). The number of carbonyl (C=O) groups is 3. The molecular formula is C37H25Cl2F6N7O3S2. The molecule has 0 saturated carbocycles. The van der Waals surface area contributed by atoms with Crippen molar-refractivity contribution in [2.24, 2.45) is 4.99 Å². The molecule has 0 spiro atoms. The Labute approximate surface area is 337 Å². The lowest BCUT2D eigenvalue weighted by molar-refractivity contribution is -0.138. The number of benzene rings is 2. The average molecular weight is 865 g/mol. The molecule has 0 atom stereocenters. The van der Waals surface area contributed by atoms with Crippen LogP contribution >= 0.6 is 45.9 Å². The van der Waals surface area contributed by atoms with E-state index in [9.17, 15) is 40.7 Å². The normalized spacial score (nSPS) is 11.8. The molecule has 0 unspecified atom stereocenters. The molecular weight excluding hydrogens is 839 g/mol. The number of thiazole rings is 2. The molecule has 0 saturated heterocycles. The summed E-state index contributed by atoms with van der Waals surface area (Å²) in [6, 6.07) is 20.6. The van der Waals surface area contributed by atoms with Crippen LogP contribution in [0.1, 0.15) is 76.3 Å². The van der Waals surface area contributed by atoms with Crippen LogP contribution in [0.3, 0.4) is 0 Å². The zero-order valence-electron chi connectivity index (χ0n) is 29.1. The third kappa shape index (κ3) is 11.3. The van der Waals surface area contributed by atoms with Crippen molar-refractivity contribution in [1.29, 1.82) is 0 Å². The van der Waals surface area contributed by atoms with Gasteiger partial charge < -0.3 is 10.6 Å². The minimum Gasteiger partial charge on any atom is -0.306 e. The van der Waals surface area contributed by atoms with Crippen LogP contribution in [0.4, 0.5) is 38.0 Å². The number of amides is 2. The summed E-state index contributed by atoms with van der Waals surface area (Å²) in [4.78, 5) is 56.2. The maximum atomic E-state index is 13.1. The van der Waals surface area contributed by atoms with Gasteiger partial charge in [-0.15, -0.1) is 22.7 Å². The monoisotopic (exact) mass is 863 g/mol. The quantitative estimate of drug-likeness (QED) is 0.0838. The Balaban J connectivity index is 0.000000242. The first-order chi connectivity index (χ1) is 26.9. The van der Waals surface area contributed by atoms with E-state index in [1.165, 1.54) is 13.1 Å². The SMILES string of the molecule is CC(=NC(c1ccccc1)c1ccccc1)c1ncc(C(=O)Nc2cc(C(F)(F)F)c(Cl)cn2)s1.CC(=O)c1ncc(C(=O)Nc2cc(C(F)(F)F)c(Cl)cn2)s1. The highest BCUT2D eigenvalue weighted by atomic mass is 35.5. The first-order valence-corrected chi connectivity index (χ1v) is 18.4. The minimum absolute atomic E-state index is 0.0792. The predicted octanol–water partition coefficient (Wildman–Crippen LogP) is 10.7. The molecule has 0 fully saturated rings. The maximum Gasteiger partial charge on any atom is 0.418 e. The van der Waals surface area contributed by atoms with Crippen molar-refractivity contribution in [2.75, 3.05) is 10.6 Å². The van der Waals surface area contributed by atoms with Gasteiger partial charge in [0.25, 0.3) is 11.8 Å². The summed E-state index contributed by atoms with van der Waals surface area (Å²) in [7, 11) is 0. The van der Waals surface area contributed by atoms with E-state index in [0.717, 1.165) is 52.4 Å². The van der Waals surface area contributed by atoms with E-state index in [0.29, 0.717) is 22.9 Å². The van der Waals surface area contributed by atoms with Crippen molar-refractivity contribution in [3.05, 3.63) is 150 Å². The highest BCUT2D eigenvalue weighted by molar-refractivity contribution is 7.16. The van der Waals surface area contributed by atoms with Crippen molar-refractivity contribution in [3.63, 3.8) is 0 Å². The van der Waals surface area contributed by atoms with Crippen LogP contribution in [0.25, 0.3) is 0 Å². The fourth-order valence-corrected chi connectivity index (χ4v) is 6.64. The molecule has 6 aromatic rings. The zero-order valence-corrected chi connectivity index (χ0v) is 32.3. The number of rotatable bonds is 9. The van der Waals surface area contributed by atoms with Crippen molar-refractivity contribution in [3.8, 4) is 0 Å². The molecule has 2 amide bonds. The van der Waals surface area contributed by atoms with E-state index in [1.807, 2.05) is 60.7 Å². The number of anilines is 2. The van der Waals surface area contributed by atoms with Gasteiger partial charge in [-0.25, -0.2) is 19.9 Å². The number of nitrogens with one attached hydrogen (secondary N) is 2. The zero-order chi connectivity index (χ0) is 41.5. The van der Waals surface area contributed by atoms with Gasteiger partial charge in [0, 0.05) is 19.3 Å². The molecule has 4 aromatic heterocycles. The molecule has 0 radical (unpaired) electrons. The van der Waals surface area contributed by atoms with Crippen LogP contribution in [0.15, 0.2) is 103 Å². The molecule has 0 aliphatic carbocycles. The van der Waals surface area contributed by atoms with E-state index in [-0.39, 0.29) is 38.2 Å². The van der Waals surface area contributed by atoms with Crippen molar-refractivity contribution in [2.45, 2.75) is 32.2 Å². The summed E-state index contributed by atoms with van der Waals surface area (Å²) < 4.78 is 77.4. The third-order valence-corrected chi connectivity index (χ3v) is 10.2. The summed E-state index contributed by atoms with van der Waals surface area (Å²) in [6.07, 6.45) is -5.16. The highest BCUT2D eigenvalue weighted by Gasteiger charge is 2.35. The Kier molecular flexibility index (Phi) is 13.6. The van der Waals surface area contributed by atoms with Gasteiger partial charge in [-0.3, -0.25) is 19.4 Å². The second-order valence-corrected chi connectivity index (χ2v) is 14.4. The second kappa shape index (κ2) is 18.1. The lowest BCUT2D eigenvalue weighted by Crippen LogP contribution is -2.13. The van der Waals surface area contributed by atoms with Crippen LogP contribution in [-0.2, 0) is 12.4 Å². The van der Waals surface area contributed by atoms with E-state index in [2.05, 4.69) is 30.6 Å². The number of aromatic nitrogens is 4. The van der Waals surface area contributed by atoms with E-state index < -0.39 is 45.3 Å². The van der Waals surface area contributed by atoms with E-state index >= 15 is 0 Å². The summed E-state index contributed by atoms with van der Waals surface area (Å²) in [5.41, 5.74) is 0.443. The summed E-state index contributed by atoms with van der Waals surface area (Å²) in [6.45, 7) is 3.09. The van der Waals surface area contributed by atoms with Crippen molar-refractivity contribution in [1.82, 2.24) is 19.9 Å². The topological polar surface area (TPSA) is 139 Å². The van der Waals surface area contributed by atoms with Gasteiger partial charge in [0.05, 0.1) is 39.3 Å². The van der Waals surface area contributed by atoms with E-state index in [1.54, 1.807) is 6.92 Å². The summed E-state index contributed by atoms with van der Waals surface area (Å²) in [5.74, 6) is -2.23. The van der Waals surface area contributed by atoms with Crippen molar-refractivity contribution >= 4 is 80.8 Å². The number of carbonyl (C=O) groups excluding carboxylic acids is 3. The number of hydrogen-bond donors (Lipinski definition) is 2. The summed E-state index contributed by atoms with van der Waals surface area (Å²) in [5, 5.41) is 4.10. The number of alkyl halides is 6. The van der Waals surface area contributed by atoms with Crippen LogP contribution in [0.2, 0.25) is 10.0 Å². The van der Waals surface area contributed by atoms with Crippen LogP contribution in [0.5, 0.6) is 0 Å². The lowest BCUT2D eigenvalue weighted by atomic mass is 9.99. The number of halogens is 8. The van der Waals surface area contributed by atoms with Crippen LogP contribution < -0.4 is 10.6 Å². The first kappa shape index (κ1) is 42.6. The van der Waals surface area contributed by atoms with E-state index in [4.69, 9.17) is 28.2 Å². The molecule has 0 aliphatic heterocycles. The van der Waals surface area contributed by atoms with Gasteiger partial charge in [0.15, 0.2) is 10.8 Å². The molecule has 294 valence electrons. The van der Waals surface area contributed by atoms with Gasteiger partial charge >= 0.3 is 12.4 Å². The largest absolute Gasteiger partial charge is 0.418 e. The fraction of sp³-hybridized carbons (Fsp3) is 0.135. The fourth-order valence-electron chi connectivity index (χ4n) is 4.75. The Morgan fingerprint density at radius 2 is 1.04 bits per heavy atom. The van der Waals surface area contributed by atoms with Gasteiger partial charge in [-0.2, -0.15) is 26.3 Å². The predicted molar refractivity (Wildman–Crippen MR) is 206 cm³/mol. The molecule has 4 heterocycles. The minimum atomic E-state index is -4.67. The maximum absolute atomic E-state index is 13.1. The molecule has 57 heavy (non-hydrogen) atoms. The molecule has 10 nitrogen and oxygen atoms in total. The number of ketones is 1. The van der Waals surface area contributed by atoms with Gasteiger partial charge in [0.2, 0.25) is 0 Å².